The summed E-state index contributed by atoms with van der Waals surface area (Å²) in [6.45, 7) is 0. The van der Waals surface area contributed by atoms with Crippen LogP contribution in [0.1, 0.15) is 38.8 Å². The van der Waals surface area contributed by atoms with Gasteiger partial charge < -0.3 is 4.74 Å². The van der Waals surface area contributed by atoms with Gasteiger partial charge in [-0.2, -0.15) is 0 Å². The van der Waals surface area contributed by atoms with Gasteiger partial charge in [0.05, 0.1) is 12.0 Å². The molecule has 1 aliphatic heterocycles. The summed E-state index contributed by atoms with van der Waals surface area (Å²) in [5.41, 5.74) is 2.01. The van der Waals surface area contributed by atoms with Crippen molar-refractivity contribution in [3.8, 4) is 0 Å². The van der Waals surface area contributed by atoms with E-state index in [2.05, 4.69) is 22.6 Å². The van der Waals surface area contributed by atoms with Gasteiger partial charge in [-0.25, -0.2) is 4.79 Å². The van der Waals surface area contributed by atoms with Crippen molar-refractivity contribution in [1.82, 2.24) is 0 Å². The lowest BCUT2D eigenvalue weighted by Gasteiger charge is -2.09. The van der Waals surface area contributed by atoms with Gasteiger partial charge >= 0.3 is 5.97 Å². The zero-order valence-corrected chi connectivity index (χ0v) is 12.7. The fourth-order valence-corrected chi connectivity index (χ4v) is 2.65. The molecule has 3 nitrogen and oxygen atoms in total. The Balaban J connectivity index is 1.81. The van der Waals surface area contributed by atoms with Crippen molar-refractivity contribution >= 4 is 34.3 Å². The highest BCUT2D eigenvalue weighted by Crippen LogP contribution is 2.33. The molecule has 0 fully saturated rings. The van der Waals surface area contributed by atoms with Gasteiger partial charge in [0.15, 0.2) is 5.78 Å². The van der Waals surface area contributed by atoms with Gasteiger partial charge in [0.25, 0.3) is 0 Å². The minimum Gasteiger partial charge on any atom is -0.453 e. The summed E-state index contributed by atoms with van der Waals surface area (Å²) < 4.78 is 6.37. The van der Waals surface area contributed by atoms with E-state index in [4.69, 9.17) is 4.74 Å². The van der Waals surface area contributed by atoms with Crippen molar-refractivity contribution in [2.45, 2.75) is 12.5 Å². The molecule has 1 heterocycles. The van der Waals surface area contributed by atoms with Gasteiger partial charge in [-0.15, -0.1) is 0 Å². The monoisotopic (exact) mass is 378 g/mol. The molecule has 1 unspecified atom stereocenters. The van der Waals surface area contributed by atoms with Gasteiger partial charge in [-0.05, 0) is 40.8 Å². The van der Waals surface area contributed by atoms with Crippen LogP contribution in [0.15, 0.2) is 48.5 Å². The quantitative estimate of drug-likeness (QED) is 0.464. The minimum absolute atomic E-state index is 0.0177. The van der Waals surface area contributed by atoms with Crippen molar-refractivity contribution in [1.29, 1.82) is 0 Å². The lowest BCUT2D eigenvalue weighted by molar-refractivity contribution is 0.0367. The lowest BCUT2D eigenvalue weighted by Crippen LogP contribution is -2.07. The van der Waals surface area contributed by atoms with Crippen LogP contribution in [-0.2, 0) is 4.74 Å². The first-order chi connectivity index (χ1) is 9.65. The number of rotatable bonds is 3. The molecule has 0 saturated carbocycles. The van der Waals surface area contributed by atoms with E-state index in [-0.39, 0.29) is 18.2 Å². The first-order valence-corrected chi connectivity index (χ1v) is 7.32. The number of esters is 1. The number of cyclic esters (lactones) is 1. The smallest absolute Gasteiger partial charge is 0.339 e. The Morgan fingerprint density at radius 2 is 1.80 bits per heavy atom. The molecular weight excluding hydrogens is 367 g/mol. The Kier molecular flexibility index (Phi) is 3.56. The zero-order chi connectivity index (χ0) is 14.1. The fourth-order valence-electron chi connectivity index (χ4n) is 2.29. The third kappa shape index (κ3) is 2.47. The molecule has 0 aromatic heterocycles. The Morgan fingerprint density at radius 1 is 1.10 bits per heavy atom. The van der Waals surface area contributed by atoms with Gasteiger partial charge in [0.1, 0.15) is 6.10 Å². The fraction of sp³-hybridized carbons (Fsp3) is 0.125. The molecular formula is C16H11IO3. The molecule has 2 aromatic rings. The number of carbonyl (C=O) groups excluding carboxylic acids is 2. The molecule has 0 saturated heterocycles. The van der Waals surface area contributed by atoms with E-state index in [1.54, 1.807) is 24.3 Å². The molecule has 1 aliphatic rings. The first kappa shape index (κ1) is 13.3. The SMILES string of the molecule is O=C(CC1OC(=O)c2ccccc21)c1ccc(I)cc1. The number of halogens is 1. The van der Waals surface area contributed by atoms with E-state index in [1.807, 2.05) is 24.3 Å². The van der Waals surface area contributed by atoms with Crippen LogP contribution in [0.2, 0.25) is 0 Å². The highest BCUT2D eigenvalue weighted by molar-refractivity contribution is 14.1. The maximum absolute atomic E-state index is 12.2. The van der Waals surface area contributed by atoms with Crippen molar-refractivity contribution in [3.05, 3.63) is 68.8 Å². The number of benzene rings is 2. The van der Waals surface area contributed by atoms with E-state index in [1.165, 1.54) is 0 Å². The zero-order valence-electron chi connectivity index (χ0n) is 10.5. The number of hydrogen-bond donors (Lipinski definition) is 0. The molecule has 3 rings (SSSR count). The van der Waals surface area contributed by atoms with Gasteiger partial charge in [0.2, 0.25) is 0 Å². The van der Waals surface area contributed by atoms with Crippen LogP contribution >= 0.6 is 22.6 Å². The van der Waals surface area contributed by atoms with Crippen molar-refractivity contribution in [2.75, 3.05) is 0 Å². The Labute approximate surface area is 130 Å². The molecule has 20 heavy (non-hydrogen) atoms. The van der Waals surface area contributed by atoms with E-state index >= 15 is 0 Å². The van der Waals surface area contributed by atoms with Crippen LogP contribution in [0.3, 0.4) is 0 Å². The Bertz CT molecular complexity index is 676. The van der Waals surface area contributed by atoms with Crippen molar-refractivity contribution in [3.63, 3.8) is 0 Å². The Hall–Kier alpha value is -1.69. The predicted octanol–water partition coefficient (Wildman–Crippen LogP) is 3.78. The predicted molar refractivity (Wildman–Crippen MR) is 82.7 cm³/mol. The summed E-state index contributed by atoms with van der Waals surface area (Å²) in [7, 11) is 0. The molecule has 2 aromatic carbocycles. The standard InChI is InChI=1S/C16H11IO3/c17-11-7-5-10(6-8-11)14(18)9-15-12-3-1-2-4-13(12)16(19)20-15/h1-8,15H,9H2. The normalized spacial score (nSPS) is 16.6. The molecule has 0 spiro atoms. The lowest BCUT2D eigenvalue weighted by atomic mass is 9.99. The molecule has 0 radical (unpaired) electrons. The van der Waals surface area contributed by atoms with E-state index < -0.39 is 6.10 Å². The average Bonchev–Trinajstić information content (AvgIpc) is 2.77. The maximum atomic E-state index is 12.2. The summed E-state index contributed by atoms with van der Waals surface area (Å²) in [4.78, 5) is 23.9. The average molecular weight is 378 g/mol. The first-order valence-electron chi connectivity index (χ1n) is 6.24. The van der Waals surface area contributed by atoms with Crippen LogP contribution in [0.25, 0.3) is 0 Å². The molecule has 4 heteroatoms. The highest BCUT2D eigenvalue weighted by atomic mass is 127. The third-order valence-electron chi connectivity index (χ3n) is 3.31. The molecule has 0 aliphatic carbocycles. The molecule has 0 amide bonds. The van der Waals surface area contributed by atoms with Gasteiger partial charge in [-0.1, -0.05) is 30.3 Å². The van der Waals surface area contributed by atoms with Crippen molar-refractivity contribution in [2.24, 2.45) is 0 Å². The largest absolute Gasteiger partial charge is 0.453 e. The van der Waals surface area contributed by atoms with Crippen LogP contribution in [-0.4, -0.2) is 11.8 Å². The van der Waals surface area contributed by atoms with E-state index in [9.17, 15) is 9.59 Å². The van der Waals surface area contributed by atoms with Crippen LogP contribution in [0.5, 0.6) is 0 Å². The highest BCUT2D eigenvalue weighted by Gasteiger charge is 2.32. The third-order valence-corrected chi connectivity index (χ3v) is 4.03. The topological polar surface area (TPSA) is 43.4 Å². The second-order valence-electron chi connectivity index (χ2n) is 4.62. The van der Waals surface area contributed by atoms with Gasteiger partial charge in [0, 0.05) is 14.7 Å². The molecule has 0 N–H and O–H groups in total. The second kappa shape index (κ2) is 5.36. The van der Waals surface area contributed by atoms with Gasteiger partial charge in [-0.3, -0.25) is 4.79 Å². The van der Waals surface area contributed by atoms with E-state index in [0.717, 1.165) is 9.13 Å². The number of Topliss-reactive ketones (excluding diaryl/α,β-unsaturated/α-hetero) is 1. The number of ether oxygens (including phenoxy) is 1. The molecule has 100 valence electrons. The number of hydrogen-bond acceptors (Lipinski definition) is 3. The molecule has 0 bridgehead atoms. The van der Waals surface area contributed by atoms with Crippen molar-refractivity contribution < 1.29 is 14.3 Å². The summed E-state index contributed by atoms with van der Waals surface area (Å²) in [6.07, 6.45) is -0.283. The summed E-state index contributed by atoms with van der Waals surface area (Å²) in [5.74, 6) is -0.364. The second-order valence-corrected chi connectivity index (χ2v) is 5.86. The summed E-state index contributed by atoms with van der Waals surface area (Å²) >= 11 is 2.19. The van der Waals surface area contributed by atoms with Crippen LogP contribution in [0, 0.1) is 3.57 Å². The Morgan fingerprint density at radius 3 is 2.55 bits per heavy atom. The number of carbonyl (C=O) groups is 2. The van der Waals surface area contributed by atoms with Crippen LogP contribution in [0.4, 0.5) is 0 Å². The molecule has 1 atom stereocenters. The number of fused-ring (bicyclic) bond motifs is 1. The minimum atomic E-state index is -0.467. The summed E-state index contributed by atoms with van der Waals surface area (Å²) in [6, 6.07) is 14.6. The summed E-state index contributed by atoms with van der Waals surface area (Å²) in [5, 5.41) is 0. The van der Waals surface area contributed by atoms with E-state index in [0.29, 0.717) is 11.1 Å². The number of ketones is 1. The maximum Gasteiger partial charge on any atom is 0.339 e. The van der Waals surface area contributed by atoms with Crippen LogP contribution < -0.4 is 0 Å².